The van der Waals surface area contributed by atoms with E-state index in [9.17, 15) is 0 Å². The first kappa shape index (κ1) is 10.2. The number of rotatable bonds is 0. The summed E-state index contributed by atoms with van der Waals surface area (Å²) in [5, 5.41) is 0. The fourth-order valence-electron chi connectivity index (χ4n) is 4.85. The van der Waals surface area contributed by atoms with Crippen molar-refractivity contribution in [1.29, 1.82) is 0 Å². The fourth-order valence-corrected chi connectivity index (χ4v) is 4.85. The molecule has 0 saturated heterocycles. The Labute approximate surface area is 105 Å². The van der Waals surface area contributed by atoms with Gasteiger partial charge in [0.1, 0.15) is 0 Å². The van der Waals surface area contributed by atoms with Gasteiger partial charge in [-0.05, 0) is 54.9 Å². The van der Waals surface area contributed by atoms with E-state index in [1.54, 1.807) is 11.1 Å². The number of hydrogen-bond acceptors (Lipinski definition) is 0. The lowest BCUT2D eigenvalue weighted by Crippen LogP contribution is -2.23. The van der Waals surface area contributed by atoms with E-state index in [0.29, 0.717) is 5.82 Å². The van der Waals surface area contributed by atoms with Crippen LogP contribution in [0.25, 0.3) is 0 Å². The molecule has 86 valence electrons. The zero-order valence-electron chi connectivity index (χ0n) is 10.3. The molecule has 5 unspecified atom stereocenters. The van der Waals surface area contributed by atoms with Crippen molar-refractivity contribution in [3.05, 3.63) is 35.5 Å². The summed E-state index contributed by atoms with van der Waals surface area (Å²) in [4.78, 5) is 0. The summed E-state index contributed by atoms with van der Waals surface area (Å²) >= 11 is 0. The molecule has 0 heterocycles. The molecule has 5 atom stereocenters. The molecule has 0 spiro atoms. The Kier molecular flexibility index (Phi) is 2.19. The molecule has 0 aromatic carbocycles. The maximum absolute atomic E-state index is 6.14. The SMILES string of the molecule is [B]C1C=C2C(CC1)C1CC=CC3=CCCC2C31. The van der Waals surface area contributed by atoms with E-state index in [2.05, 4.69) is 24.3 Å². The summed E-state index contributed by atoms with van der Waals surface area (Å²) in [5.74, 6) is 3.77. The van der Waals surface area contributed by atoms with E-state index in [1.807, 2.05) is 0 Å². The maximum Gasteiger partial charge on any atom is 0.0755 e. The van der Waals surface area contributed by atoms with Crippen LogP contribution in [-0.4, -0.2) is 7.85 Å². The molecule has 0 bridgehead atoms. The van der Waals surface area contributed by atoms with Crippen LogP contribution in [0, 0.1) is 23.7 Å². The maximum atomic E-state index is 6.14. The van der Waals surface area contributed by atoms with Crippen molar-refractivity contribution in [3.8, 4) is 0 Å². The highest BCUT2D eigenvalue weighted by atomic mass is 14.5. The minimum absolute atomic E-state index is 0.337. The average molecular weight is 222 g/mol. The van der Waals surface area contributed by atoms with E-state index in [1.165, 1.54) is 32.1 Å². The standard InChI is InChI=1S/C16H19B/c17-11-7-8-12-13-5-1-3-10-4-2-6-14(16(10)13)15(12)9-11/h1,3-4,9,11-14,16H,2,5-8H2. The van der Waals surface area contributed by atoms with Crippen molar-refractivity contribution in [1.82, 2.24) is 0 Å². The van der Waals surface area contributed by atoms with E-state index in [-0.39, 0.29) is 0 Å². The molecule has 1 heteroatoms. The van der Waals surface area contributed by atoms with Gasteiger partial charge in [-0.25, -0.2) is 0 Å². The second-order valence-corrected chi connectivity index (χ2v) is 6.23. The van der Waals surface area contributed by atoms with Crippen LogP contribution in [-0.2, 0) is 0 Å². The summed E-state index contributed by atoms with van der Waals surface area (Å²) in [6.45, 7) is 0. The monoisotopic (exact) mass is 222 g/mol. The molecule has 4 aliphatic rings. The van der Waals surface area contributed by atoms with Gasteiger partial charge in [-0.2, -0.15) is 0 Å². The summed E-state index contributed by atoms with van der Waals surface area (Å²) in [6.07, 6.45) is 16.2. The quantitative estimate of drug-likeness (QED) is 0.431. The molecule has 0 nitrogen and oxygen atoms in total. The Morgan fingerprint density at radius 2 is 2.06 bits per heavy atom. The highest BCUT2D eigenvalue weighted by Crippen LogP contribution is 2.59. The van der Waals surface area contributed by atoms with E-state index < -0.39 is 0 Å². The zero-order chi connectivity index (χ0) is 11.4. The number of allylic oxidation sites excluding steroid dienone is 6. The van der Waals surface area contributed by atoms with Crippen molar-refractivity contribution in [2.75, 3.05) is 0 Å². The van der Waals surface area contributed by atoms with E-state index in [4.69, 9.17) is 7.85 Å². The molecule has 0 N–H and O–H groups in total. The van der Waals surface area contributed by atoms with Gasteiger partial charge < -0.3 is 0 Å². The molecule has 0 amide bonds. The Morgan fingerprint density at radius 1 is 1.12 bits per heavy atom. The first-order valence-corrected chi connectivity index (χ1v) is 7.18. The van der Waals surface area contributed by atoms with Crippen molar-refractivity contribution in [3.63, 3.8) is 0 Å². The molecule has 17 heavy (non-hydrogen) atoms. The normalized spacial score (nSPS) is 46.9. The van der Waals surface area contributed by atoms with Crippen LogP contribution in [0.15, 0.2) is 35.5 Å². The van der Waals surface area contributed by atoms with Crippen molar-refractivity contribution >= 4 is 7.85 Å². The Balaban J connectivity index is 1.81. The van der Waals surface area contributed by atoms with Gasteiger partial charge in [-0.15, -0.1) is 0 Å². The lowest BCUT2D eigenvalue weighted by atomic mass is 9.71. The third kappa shape index (κ3) is 1.38. The largest absolute Gasteiger partial charge is 0.0903 e. The van der Waals surface area contributed by atoms with Crippen LogP contribution in [0.4, 0.5) is 0 Å². The third-order valence-electron chi connectivity index (χ3n) is 5.45. The lowest BCUT2D eigenvalue weighted by molar-refractivity contribution is 0.295. The van der Waals surface area contributed by atoms with Crippen molar-refractivity contribution in [2.24, 2.45) is 23.7 Å². The molecule has 1 saturated carbocycles. The lowest BCUT2D eigenvalue weighted by Gasteiger charge is -2.32. The fraction of sp³-hybridized carbons (Fsp3) is 0.625. The molecule has 2 radical (unpaired) electrons. The third-order valence-corrected chi connectivity index (χ3v) is 5.45. The second-order valence-electron chi connectivity index (χ2n) is 6.23. The molecular formula is C16H19B. The molecule has 1 fully saturated rings. The summed E-state index contributed by atoms with van der Waals surface area (Å²) in [5.41, 5.74) is 3.38. The molecule has 0 aromatic rings. The predicted octanol–water partition coefficient (Wildman–Crippen LogP) is 3.82. The van der Waals surface area contributed by atoms with Gasteiger partial charge in [0, 0.05) is 0 Å². The smallest absolute Gasteiger partial charge is 0.0755 e. The van der Waals surface area contributed by atoms with Gasteiger partial charge in [-0.1, -0.05) is 42.1 Å². The summed E-state index contributed by atoms with van der Waals surface area (Å²) < 4.78 is 0. The van der Waals surface area contributed by atoms with Crippen LogP contribution in [0.1, 0.15) is 32.1 Å². The zero-order valence-corrected chi connectivity index (χ0v) is 10.3. The molecular weight excluding hydrogens is 203 g/mol. The average Bonchev–Trinajstić information content (AvgIpc) is 2.67. The minimum Gasteiger partial charge on any atom is -0.0903 e. The summed E-state index contributed by atoms with van der Waals surface area (Å²) in [7, 11) is 6.14. The second kappa shape index (κ2) is 3.64. The van der Waals surface area contributed by atoms with E-state index >= 15 is 0 Å². The number of hydrogen-bond donors (Lipinski definition) is 0. The molecule has 4 aliphatic carbocycles. The molecule has 0 aromatic heterocycles. The Morgan fingerprint density at radius 3 is 3.00 bits per heavy atom. The highest BCUT2D eigenvalue weighted by Gasteiger charge is 2.49. The van der Waals surface area contributed by atoms with Crippen LogP contribution in [0.3, 0.4) is 0 Å². The minimum atomic E-state index is 0.337. The number of fused-ring (bicyclic) bond motifs is 3. The van der Waals surface area contributed by atoms with Crippen LogP contribution in [0.5, 0.6) is 0 Å². The van der Waals surface area contributed by atoms with E-state index in [0.717, 1.165) is 23.7 Å². The van der Waals surface area contributed by atoms with Gasteiger partial charge in [0.2, 0.25) is 0 Å². The van der Waals surface area contributed by atoms with Gasteiger partial charge in [0.05, 0.1) is 7.85 Å². The Hall–Kier alpha value is -0.715. The van der Waals surface area contributed by atoms with Crippen LogP contribution in [0.2, 0.25) is 5.82 Å². The van der Waals surface area contributed by atoms with Gasteiger partial charge >= 0.3 is 0 Å². The Bertz CT molecular complexity index is 429. The van der Waals surface area contributed by atoms with Gasteiger partial charge in [0.25, 0.3) is 0 Å². The van der Waals surface area contributed by atoms with Crippen molar-refractivity contribution in [2.45, 2.75) is 37.9 Å². The first-order valence-electron chi connectivity index (χ1n) is 7.18. The van der Waals surface area contributed by atoms with Crippen LogP contribution >= 0.6 is 0 Å². The summed E-state index contributed by atoms with van der Waals surface area (Å²) in [6, 6.07) is 0. The predicted molar refractivity (Wildman–Crippen MR) is 71.9 cm³/mol. The first-order chi connectivity index (χ1) is 8.34. The molecule has 4 rings (SSSR count). The van der Waals surface area contributed by atoms with Crippen molar-refractivity contribution < 1.29 is 0 Å². The van der Waals surface area contributed by atoms with Crippen LogP contribution < -0.4 is 0 Å². The topological polar surface area (TPSA) is 0 Å². The van der Waals surface area contributed by atoms with Gasteiger partial charge in [0.15, 0.2) is 0 Å². The highest BCUT2D eigenvalue weighted by molar-refractivity contribution is 6.13. The van der Waals surface area contributed by atoms with Gasteiger partial charge in [-0.3, -0.25) is 0 Å². The molecule has 0 aliphatic heterocycles.